The third kappa shape index (κ3) is 1.44. The molecule has 1 heterocycles. The molecule has 13 heavy (non-hydrogen) atoms. The Bertz CT molecular complexity index is 379. The van der Waals surface area contributed by atoms with Crippen LogP contribution in [0.3, 0.4) is 0 Å². The van der Waals surface area contributed by atoms with Gasteiger partial charge in [-0.15, -0.1) is 0 Å². The van der Waals surface area contributed by atoms with Gasteiger partial charge in [-0.25, -0.2) is 0 Å². The Labute approximate surface area is 85.4 Å². The number of anilines is 1. The van der Waals surface area contributed by atoms with Gasteiger partial charge in [0.05, 0.1) is 0 Å². The molecule has 2 radical (unpaired) electrons. The molecule has 4 nitrogen and oxygen atoms in total. The molecule has 1 N–H and O–H groups in total. The van der Waals surface area contributed by atoms with E-state index < -0.39 is 0 Å². The van der Waals surface area contributed by atoms with Crippen LogP contribution in [0.25, 0.3) is 0 Å². The van der Waals surface area contributed by atoms with Crippen LogP contribution in [0.5, 0.6) is 0 Å². The number of hydrogen-bond acceptors (Lipinski definition) is 3. The molecule has 0 fully saturated rings. The van der Waals surface area contributed by atoms with Gasteiger partial charge in [-0.05, 0) is 0 Å². The molecular formula is C8H7GaN2O2. The third-order valence-corrected chi connectivity index (χ3v) is 2.81. The van der Waals surface area contributed by atoms with Crippen molar-refractivity contribution >= 4 is 34.1 Å². The van der Waals surface area contributed by atoms with Crippen molar-refractivity contribution < 1.29 is 4.92 Å². The fraction of sp³-hybridized carbons (Fsp3) is 0.250. The molecule has 1 aliphatic rings. The van der Waals surface area contributed by atoms with Crippen molar-refractivity contribution in [3.8, 4) is 0 Å². The number of nitrogens with zero attached hydrogens (tertiary/aromatic N) is 1. The predicted octanol–water partition coefficient (Wildman–Crippen LogP) is 0.357. The first kappa shape index (κ1) is 8.65. The summed E-state index contributed by atoms with van der Waals surface area (Å²) in [4.78, 5) is 10.4. The van der Waals surface area contributed by atoms with Gasteiger partial charge < -0.3 is 0 Å². The van der Waals surface area contributed by atoms with Crippen molar-refractivity contribution in [3.63, 3.8) is 0 Å². The van der Waals surface area contributed by atoms with Gasteiger partial charge in [0.15, 0.2) is 0 Å². The van der Waals surface area contributed by atoms with E-state index in [9.17, 15) is 10.1 Å². The number of hydrogen-bond donors (Lipinski definition) is 1. The Kier molecular flexibility index (Phi) is 2.05. The molecule has 2 rings (SSSR count). The predicted molar refractivity (Wildman–Crippen MR) is 50.7 cm³/mol. The van der Waals surface area contributed by atoms with E-state index in [1.165, 1.54) is 18.6 Å². The van der Waals surface area contributed by atoms with Gasteiger partial charge in [0.25, 0.3) is 0 Å². The van der Waals surface area contributed by atoms with E-state index in [-0.39, 0.29) is 10.6 Å². The summed E-state index contributed by atoms with van der Waals surface area (Å²) in [6.07, 6.45) is 0.897. The van der Waals surface area contributed by atoms with Crippen LogP contribution in [0, 0.1) is 10.1 Å². The molecule has 0 bridgehead atoms. The molecule has 1 aromatic carbocycles. The second-order valence-corrected chi connectivity index (χ2v) is 4.41. The summed E-state index contributed by atoms with van der Waals surface area (Å²) in [5.74, 6) is 0. The average molecular weight is 233 g/mol. The number of nitrogens with one attached hydrogen (secondary N) is 1. The Morgan fingerprint density at radius 3 is 3.00 bits per heavy atom. The van der Waals surface area contributed by atoms with Crippen LogP contribution < -0.4 is 9.43 Å². The molecule has 0 atom stereocenters. The molecular weight excluding hydrogens is 226 g/mol. The van der Waals surface area contributed by atoms with Crippen molar-refractivity contribution in [2.75, 3.05) is 11.9 Å². The van der Waals surface area contributed by atoms with Crippen LogP contribution in [0.4, 0.5) is 11.4 Å². The number of nitro benzene ring substituents is 1. The van der Waals surface area contributed by atoms with E-state index in [1.54, 1.807) is 6.07 Å². The minimum atomic E-state index is -0.319. The summed E-state index contributed by atoms with van der Waals surface area (Å²) in [6, 6.07) is 3.67. The van der Waals surface area contributed by atoms with E-state index in [1.807, 2.05) is 6.07 Å². The van der Waals surface area contributed by atoms with Gasteiger partial charge in [0.1, 0.15) is 0 Å². The monoisotopic (exact) mass is 232 g/mol. The SMILES string of the molecule is O=[N+]([O-])c1c[c]([Ga])cc2c1NCC2. The summed E-state index contributed by atoms with van der Waals surface area (Å²) in [5, 5.41) is 13.7. The Morgan fingerprint density at radius 2 is 2.31 bits per heavy atom. The van der Waals surface area contributed by atoms with Crippen LogP contribution in [-0.4, -0.2) is 30.1 Å². The molecule has 0 unspecified atom stereocenters. The molecule has 5 heteroatoms. The van der Waals surface area contributed by atoms with Crippen LogP contribution in [0.2, 0.25) is 0 Å². The molecule has 0 saturated heterocycles. The quantitative estimate of drug-likeness (QED) is 0.432. The number of benzene rings is 1. The first-order valence-electron chi connectivity index (χ1n) is 3.99. The normalized spacial score (nSPS) is 13.5. The van der Waals surface area contributed by atoms with Gasteiger partial charge in [-0.3, -0.25) is 0 Å². The van der Waals surface area contributed by atoms with Crippen molar-refractivity contribution in [2.24, 2.45) is 0 Å². The van der Waals surface area contributed by atoms with E-state index in [4.69, 9.17) is 0 Å². The van der Waals surface area contributed by atoms with Crippen LogP contribution >= 0.6 is 0 Å². The average Bonchev–Trinajstić information content (AvgIpc) is 2.49. The maximum atomic E-state index is 10.7. The number of nitro groups is 1. The zero-order valence-corrected chi connectivity index (χ0v) is 9.33. The van der Waals surface area contributed by atoms with Crippen molar-refractivity contribution in [2.45, 2.75) is 6.42 Å². The van der Waals surface area contributed by atoms with E-state index in [0.29, 0.717) is 5.69 Å². The fourth-order valence-electron chi connectivity index (χ4n) is 1.58. The van der Waals surface area contributed by atoms with Crippen LogP contribution in [-0.2, 0) is 6.42 Å². The van der Waals surface area contributed by atoms with E-state index in [0.717, 1.165) is 22.6 Å². The molecule has 0 amide bonds. The van der Waals surface area contributed by atoms with E-state index >= 15 is 0 Å². The Hall–Kier alpha value is -0.944. The number of fused-ring (bicyclic) bond motifs is 1. The molecule has 0 saturated carbocycles. The molecule has 1 aliphatic heterocycles. The zero-order chi connectivity index (χ0) is 9.42. The second-order valence-electron chi connectivity index (χ2n) is 3.01. The minimum absolute atomic E-state index is 0.217. The van der Waals surface area contributed by atoms with Crippen molar-refractivity contribution in [3.05, 3.63) is 27.8 Å². The Morgan fingerprint density at radius 1 is 1.54 bits per heavy atom. The molecule has 0 spiro atoms. The standard InChI is InChI=1S/C8H7N2O2.Ga/c11-10(12)7-3-1-2-6-4-5-9-8(6)7;/h2-3,9H,4-5H2;. The third-order valence-electron chi connectivity index (χ3n) is 2.11. The Balaban J connectivity index is 2.62. The topological polar surface area (TPSA) is 55.2 Å². The van der Waals surface area contributed by atoms with Crippen LogP contribution in [0.1, 0.15) is 5.56 Å². The summed E-state index contributed by atoms with van der Waals surface area (Å²) in [7, 11) is 0. The van der Waals surface area contributed by atoms with Gasteiger partial charge in [-0.2, -0.15) is 0 Å². The molecule has 1 aromatic rings. The van der Waals surface area contributed by atoms with Gasteiger partial charge >= 0.3 is 85.1 Å². The zero-order valence-electron chi connectivity index (χ0n) is 6.91. The first-order chi connectivity index (χ1) is 6.18. The summed E-state index contributed by atoms with van der Waals surface area (Å²) in [5.41, 5.74) is 2.01. The summed E-state index contributed by atoms with van der Waals surface area (Å²) < 4.78 is 1.02. The second kappa shape index (κ2) is 3.08. The fourth-order valence-corrected chi connectivity index (χ4v) is 2.33. The van der Waals surface area contributed by atoms with E-state index in [2.05, 4.69) is 5.32 Å². The molecule has 64 valence electrons. The summed E-state index contributed by atoms with van der Waals surface area (Å²) in [6.45, 7) is 0.812. The molecule has 0 aromatic heterocycles. The van der Waals surface area contributed by atoms with Crippen molar-refractivity contribution in [1.29, 1.82) is 0 Å². The maximum absolute atomic E-state index is 10.7. The first-order valence-corrected chi connectivity index (χ1v) is 5.20. The van der Waals surface area contributed by atoms with Crippen LogP contribution in [0.15, 0.2) is 12.1 Å². The van der Waals surface area contributed by atoms with Crippen molar-refractivity contribution in [1.82, 2.24) is 0 Å². The molecule has 0 aliphatic carbocycles. The van der Waals surface area contributed by atoms with Gasteiger partial charge in [-0.1, -0.05) is 0 Å². The van der Waals surface area contributed by atoms with Gasteiger partial charge in [0, 0.05) is 0 Å². The van der Waals surface area contributed by atoms with Gasteiger partial charge in [0.2, 0.25) is 0 Å². The summed E-state index contributed by atoms with van der Waals surface area (Å²) >= 11 is 1.42. The number of rotatable bonds is 1.